The van der Waals surface area contributed by atoms with Crippen LogP contribution in [0.25, 0.3) is 5.57 Å². The summed E-state index contributed by atoms with van der Waals surface area (Å²) in [6, 6.07) is 5.75. The van der Waals surface area contributed by atoms with Crippen molar-refractivity contribution < 1.29 is 8.42 Å². The molecule has 1 aliphatic rings. The van der Waals surface area contributed by atoms with Crippen LogP contribution >= 0.6 is 0 Å². The molecule has 0 atom stereocenters. The fourth-order valence-corrected chi connectivity index (χ4v) is 2.51. The van der Waals surface area contributed by atoms with Gasteiger partial charge < -0.3 is 0 Å². The summed E-state index contributed by atoms with van der Waals surface area (Å²) in [5.41, 5.74) is 2.07. The third-order valence-electron chi connectivity index (χ3n) is 2.63. The Balaban J connectivity index is 2.16. The first-order valence-electron chi connectivity index (χ1n) is 5.13. The van der Waals surface area contributed by atoms with Crippen LogP contribution in [-0.4, -0.2) is 37.1 Å². The van der Waals surface area contributed by atoms with Crippen LogP contribution in [0.4, 0.5) is 0 Å². The summed E-state index contributed by atoms with van der Waals surface area (Å²) in [5.74, 6) is 0. The van der Waals surface area contributed by atoms with Gasteiger partial charge in [0, 0.05) is 19.3 Å². The van der Waals surface area contributed by atoms with Crippen molar-refractivity contribution in [3.63, 3.8) is 0 Å². The summed E-state index contributed by atoms with van der Waals surface area (Å²) < 4.78 is 24.1. The van der Waals surface area contributed by atoms with Gasteiger partial charge in [-0.25, -0.2) is 8.42 Å². The summed E-state index contributed by atoms with van der Waals surface area (Å²) >= 11 is 0. The topological polar surface area (TPSA) is 50.3 Å². The van der Waals surface area contributed by atoms with E-state index in [4.69, 9.17) is 0 Å². The lowest BCUT2D eigenvalue weighted by atomic mass is 10.1. The minimum absolute atomic E-state index is 0.449. The number of pyridine rings is 1. The second-order valence-corrected chi connectivity index (χ2v) is 5.80. The van der Waals surface area contributed by atoms with Crippen LogP contribution in [0.5, 0.6) is 0 Å². The molecule has 0 amide bonds. The van der Waals surface area contributed by atoms with E-state index in [0.29, 0.717) is 13.1 Å². The van der Waals surface area contributed by atoms with E-state index in [9.17, 15) is 8.42 Å². The van der Waals surface area contributed by atoms with Gasteiger partial charge in [0.1, 0.15) is 0 Å². The molecule has 16 heavy (non-hydrogen) atoms. The Morgan fingerprint density at radius 2 is 2.19 bits per heavy atom. The molecule has 0 saturated carbocycles. The molecular formula is C11H14N2O2S. The Labute approximate surface area is 95.7 Å². The van der Waals surface area contributed by atoms with E-state index in [1.165, 1.54) is 10.6 Å². The predicted molar refractivity (Wildman–Crippen MR) is 63.2 cm³/mol. The number of sulfonamides is 1. The van der Waals surface area contributed by atoms with E-state index in [2.05, 4.69) is 4.98 Å². The summed E-state index contributed by atoms with van der Waals surface area (Å²) in [5, 5.41) is 0. The SMILES string of the molecule is CS(=O)(=O)N1CC=C(c2ccccn2)CC1. The molecule has 0 aromatic carbocycles. The second-order valence-electron chi connectivity index (χ2n) is 3.82. The largest absolute Gasteiger partial charge is 0.257 e. The molecule has 4 nitrogen and oxygen atoms in total. The van der Waals surface area contributed by atoms with E-state index in [1.807, 2.05) is 24.3 Å². The summed E-state index contributed by atoms with van der Waals surface area (Å²) in [7, 11) is -3.06. The number of hydrogen-bond donors (Lipinski definition) is 0. The minimum Gasteiger partial charge on any atom is -0.257 e. The smallest absolute Gasteiger partial charge is 0.211 e. The standard InChI is InChI=1S/C11H14N2O2S/c1-16(14,15)13-8-5-10(6-9-13)11-4-2-3-7-12-11/h2-5,7H,6,8-9H2,1H3. The molecule has 0 aliphatic carbocycles. The molecule has 5 heteroatoms. The van der Waals surface area contributed by atoms with Gasteiger partial charge in [-0.1, -0.05) is 12.1 Å². The number of aromatic nitrogens is 1. The summed E-state index contributed by atoms with van der Waals surface area (Å²) in [6.45, 7) is 0.992. The van der Waals surface area contributed by atoms with Crippen LogP contribution in [0.15, 0.2) is 30.5 Å². The number of nitrogens with zero attached hydrogens (tertiary/aromatic N) is 2. The van der Waals surface area contributed by atoms with Crippen molar-refractivity contribution in [1.82, 2.24) is 9.29 Å². The zero-order valence-corrected chi connectivity index (χ0v) is 9.94. The van der Waals surface area contributed by atoms with Crippen molar-refractivity contribution in [3.05, 3.63) is 36.2 Å². The summed E-state index contributed by atoms with van der Waals surface area (Å²) in [4.78, 5) is 4.25. The van der Waals surface area contributed by atoms with E-state index in [0.717, 1.165) is 17.7 Å². The van der Waals surface area contributed by atoms with Gasteiger partial charge in [-0.05, 0) is 24.1 Å². The monoisotopic (exact) mass is 238 g/mol. The third kappa shape index (κ3) is 2.48. The first kappa shape index (κ1) is 11.3. The fourth-order valence-electron chi connectivity index (χ4n) is 1.74. The molecular weight excluding hydrogens is 224 g/mol. The highest BCUT2D eigenvalue weighted by molar-refractivity contribution is 7.88. The minimum atomic E-state index is -3.06. The lowest BCUT2D eigenvalue weighted by Crippen LogP contribution is -2.33. The van der Waals surface area contributed by atoms with Crippen molar-refractivity contribution in [3.8, 4) is 0 Å². The first-order chi connectivity index (χ1) is 7.57. The molecule has 0 saturated heterocycles. The van der Waals surface area contributed by atoms with Gasteiger partial charge in [-0.3, -0.25) is 4.98 Å². The maximum absolute atomic E-state index is 11.3. The van der Waals surface area contributed by atoms with E-state index < -0.39 is 10.0 Å². The molecule has 0 spiro atoms. The van der Waals surface area contributed by atoms with E-state index in [-0.39, 0.29) is 0 Å². The molecule has 1 aromatic rings. The second kappa shape index (κ2) is 4.35. The average molecular weight is 238 g/mol. The zero-order chi connectivity index (χ0) is 11.6. The molecule has 0 N–H and O–H groups in total. The van der Waals surface area contributed by atoms with Crippen LogP contribution < -0.4 is 0 Å². The average Bonchev–Trinajstić information content (AvgIpc) is 2.29. The van der Waals surface area contributed by atoms with Crippen molar-refractivity contribution in [2.45, 2.75) is 6.42 Å². The van der Waals surface area contributed by atoms with Gasteiger partial charge in [0.25, 0.3) is 0 Å². The molecule has 0 unspecified atom stereocenters. The Kier molecular flexibility index (Phi) is 3.07. The number of hydrogen-bond acceptors (Lipinski definition) is 3. The van der Waals surface area contributed by atoms with E-state index in [1.54, 1.807) is 6.20 Å². The van der Waals surface area contributed by atoms with Gasteiger partial charge in [0.2, 0.25) is 10.0 Å². The Hall–Kier alpha value is -1.20. The normalized spacial score (nSPS) is 18.2. The van der Waals surface area contributed by atoms with Gasteiger partial charge in [-0.2, -0.15) is 4.31 Å². The first-order valence-corrected chi connectivity index (χ1v) is 6.98. The number of rotatable bonds is 2. The van der Waals surface area contributed by atoms with Gasteiger partial charge in [0.15, 0.2) is 0 Å². The zero-order valence-electron chi connectivity index (χ0n) is 9.13. The highest BCUT2D eigenvalue weighted by atomic mass is 32.2. The highest BCUT2D eigenvalue weighted by Gasteiger charge is 2.20. The quantitative estimate of drug-likeness (QED) is 0.776. The molecule has 1 aromatic heterocycles. The molecule has 0 radical (unpaired) electrons. The van der Waals surface area contributed by atoms with Crippen molar-refractivity contribution in [2.75, 3.05) is 19.3 Å². The predicted octanol–water partition coefficient (Wildman–Crippen LogP) is 1.13. The fraction of sp³-hybridized carbons (Fsp3) is 0.364. The third-order valence-corrected chi connectivity index (χ3v) is 3.90. The molecule has 0 fully saturated rings. The summed E-state index contributed by atoms with van der Waals surface area (Å²) in [6.07, 6.45) is 5.66. The molecule has 86 valence electrons. The maximum atomic E-state index is 11.3. The molecule has 2 rings (SSSR count). The molecule has 2 heterocycles. The van der Waals surface area contributed by atoms with Crippen molar-refractivity contribution >= 4 is 15.6 Å². The van der Waals surface area contributed by atoms with Crippen LogP contribution in [0.2, 0.25) is 0 Å². The maximum Gasteiger partial charge on any atom is 0.211 e. The Morgan fingerprint density at radius 1 is 1.38 bits per heavy atom. The lowest BCUT2D eigenvalue weighted by molar-refractivity contribution is 0.445. The van der Waals surface area contributed by atoms with Gasteiger partial charge in [0.05, 0.1) is 11.9 Å². The van der Waals surface area contributed by atoms with Crippen LogP contribution in [-0.2, 0) is 10.0 Å². The molecule has 0 bridgehead atoms. The van der Waals surface area contributed by atoms with Crippen molar-refractivity contribution in [1.29, 1.82) is 0 Å². The lowest BCUT2D eigenvalue weighted by Gasteiger charge is -2.23. The Bertz CT molecular complexity index is 494. The van der Waals surface area contributed by atoms with E-state index >= 15 is 0 Å². The van der Waals surface area contributed by atoms with Crippen LogP contribution in [0.1, 0.15) is 12.1 Å². The van der Waals surface area contributed by atoms with Crippen LogP contribution in [0, 0.1) is 0 Å². The highest BCUT2D eigenvalue weighted by Crippen LogP contribution is 2.21. The van der Waals surface area contributed by atoms with Gasteiger partial charge >= 0.3 is 0 Å². The van der Waals surface area contributed by atoms with Crippen LogP contribution in [0.3, 0.4) is 0 Å². The van der Waals surface area contributed by atoms with Gasteiger partial charge in [-0.15, -0.1) is 0 Å². The molecule has 1 aliphatic heterocycles. The van der Waals surface area contributed by atoms with Crippen molar-refractivity contribution in [2.24, 2.45) is 0 Å². The Morgan fingerprint density at radius 3 is 2.69 bits per heavy atom.